The molecule has 0 unspecified atom stereocenters. The van der Waals surface area contributed by atoms with Crippen molar-refractivity contribution >= 4 is 5.91 Å². The number of rotatable bonds is 5. The molecule has 2 aromatic carbocycles. The van der Waals surface area contributed by atoms with Crippen LogP contribution in [0.5, 0.6) is 5.75 Å². The molecule has 1 spiro atoms. The van der Waals surface area contributed by atoms with E-state index < -0.39 is 0 Å². The highest BCUT2D eigenvalue weighted by Gasteiger charge is 2.37. The highest BCUT2D eigenvalue weighted by molar-refractivity contribution is 5.78. The minimum absolute atomic E-state index is 0.221. The number of hydrogen-bond acceptors (Lipinski definition) is 5. The summed E-state index contributed by atoms with van der Waals surface area (Å²) in [6, 6.07) is 25.6. The Morgan fingerprint density at radius 2 is 1.58 bits per heavy atom. The van der Waals surface area contributed by atoms with E-state index in [0.717, 1.165) is 89.4 Å². The van der Waals surface area contributed by atoms with E-state index in [0.29, 0.717) is 25.0 Å². The number of amides is 1. The lowest BCUT2D eigenvalue weighted by atomic mass is 9.73. The van der Waals surface area contributed by atoms with Crippen LogP contribution in [0, 0.1) is 5.41 Å². The second-order valence-corrected chi connectivity index (χ2v) is 13.0. The van der Waals surface area contributed by atoms with Crippen LogP contribution in [-0.2, 0) is 17.8 Å². The van der Waals surface area contributed by atoms with Gasteiger partial charge in [-0.1, -0.05) is 61.0 Å². The molecular weight excluding hydrogens is 532 g/mol. The molecule has 0 saturated carbocycles. The van der Waals surface area contributed by atoms with Crippen LogP contribution in [0.4, 0.5) is 0 Å². The molecule has 6 rings (SSSR count). The van der Waals surface area contributed by atoms with Gasteiger partial charge in [-0.3, -0.25) is 19.6 Å². The first-order valence-corrected chi connectivity index (χ1v) is 16.5. The van der Waals surface area contributed by atoms with Crippen LogP contribution in [0.15, 0.2) is 79.0 Å². The molecule has 228 valence electrons. The summed E-state index contributed by atoms with van der Waals surface area (Å²) in [5.41, 5.74) is 4.09. The number of fused-ring (bicyclic) bond motifs is 1. The first-order valence-electron chi connectivity index (χ1n) is 16.5. The van der Waals surface area contributed by atoms with Gasteiger partial charge in [0, 0.05) is 38.9 Å². The van der Waals surface area contributed by atoms with E-state index in [4.69, 9.17) is 4.74 Å². The number of nitrogens with zero attached hydrogens (tertiary/aromatic N) is 4. The zero-order valence-electron chi connectivity index (χ0n) is 25.7. The van der Waals surface area contributed by atoms with Gasteiger partial charge >= 0.3 is 0 Å². The lowest BCUT2D eigenvalue weighted by Crippen LogP contribution is -2.51. The molecular formula is C37H48N4O2. The number of aromatic nitrogens is 1. The lowest BCUT2D eigenvalue weighted by molar-refractivity contribution is -0.135. The predicted octanol–water partition coefficient (Wildman–Crippen LogP) is 6.18. The highest BCUT2D eigenvalue weighted by atomic mass is 16.5. The zero-order chi connectivity index (χ0) is 29.3. The number of carbonyl (C=O) groups is 1. The molecule has 0 atom stereocenters. The largest absolute Gasteiger partial charge is 0.492 e. The Hall–Kier alpha value is -3.22. The molecule has 2 saturated heterocycles. The first kappa shape index (κ1) is 29.8. The lowest BCUT2D eigenvalue weighted by Gasteiger charge is -2.45. The molecule has 1 amide bonds. The number of pyridine rings is 1. The van der Waals surface area contributed by atoms with Crippen LogP contribution < -0.4 is 4.74 Å². The maximum atomic E-state index is 13.5. The number of benzene rings is 2. The van der Waals surface area contributed by atoms with Gasteiger partial charge in [-0.25, -0.2) is 0 Å². The molecule has 0 bridgehead atoms. The number of carbonyl (C=O) groups excluding carboxylic acids is 1. The number of aryl methyl sites for hydroxylation is 1. The minimum Gasteiger partial charge on any atom is -0.492 e. The number of hydrogen-bond donors (Lipinski definition) is 0. The van der Waals surface area contributed by atoms with Gasteiger partial charge < -0.3 is 9.64 Å². The average molecular weight is 581 g/mol. The van der Waals surface area contributed by atoms with Gasteiger partial charge in [0.2, 0.25) is 5.91 Å². The second-order valence-electron chi connectivity index (χ2n) is 13.0. The molecule has 0 aliphatic carbocycles. The van der Waals surface area contributed by atoms with Gasteiger partial charge in [-0.15, -0.1) is 0 Å². The third-order valence-electron chi connectivity index (χ3n) is 10.1. The van der Waals surface area contributed by atoms with Crippen LogP contribution in [0.2, 0.25) is 0 Å². The van der Waals surface area contributed by atoms with Crippen LogP contribution in [0.3, 0.4) is 0 Å². The quantitative estimate of drug-likeness (QED) is 0.361. The smallest absolute Gasteiger partial charge is 0.236 e. The maximum absolute atomic E-state index is 13.5. The summed E-state index contributed by atoms with van der Waals surface area (Å²) >= 11 is 0. The first-order chi connectivity index (χ1) is 21.2. The Labute approximate surface area is 258 Å². The van der Waals surface area contributed by atoms with Crippen molar-refractivity contribution in [3.8, 4) is 5.75 Å². The predicted molar refractivity (Wildman–Crippen MR) is 172 cm³/mol. The maximum Gasteiger partial charge on any atom is 0.236 e. The number of likely N-dealkylation sites (tertiary alicyclic amines) is 2. The number of piperidine rings is 2. The van der Waals surface area contributed by atoms with Crippen LogP contribution in [0.1, 0.15) is 67.7 Å². The fourth-order valence-corrected chi connectivity index (χ4v) is 7.52. The number of ether oxygens (including phenoxy) is 1. The summed E-state index contributed by atoms with van der Waals surface area (Å²) in [6.07, 6.45) is 11.0. The van der Waals surface area contributed by atoms with Gasteiger partial charge in [-0.05, 0) is 98.7 Å². The van der Waals surface area contributed by atoms with Crippen LogP contribution in [0.25, 0.3) is 0 Å². The van der Waals surface area contributed by atoms with E-state index in [1.54, 1.807) is 0 Å². The molecule has 2 fully saturated rings. The summed E-state index contributed by atoms with van der Waals surface area (Å²) in [4.78, 5) is 25.2. The Balaban J connectivity index is 1.07. The van der Waals surface area contributed by atoms with Gasteiger partial charge in [0.15, 0.2) is 0 Å². The molecule has 1 aromatic heterocycles. The van der Waals surface area contributed by atoms with Crippen molar-refractivity contribution in [2.45, 2.75) is 63.8 Å². The van der Waals surface area contributed by atoms with E-state index in [-0.39, 0.29) is 5.41 Å². The minimum atomic E-state index is 0.221. The van der Waals surface area contributed by atoms with Gasteiger partial charge in [0.05, 0.1) is 12.2 Å². The Morgan fingerprint density at radius 1 is 0.814 bits per heavy atom. The Morgan fingerprint density at radius 3 is 2.37 bits per heavy atom. The third-order valence-corrected chi connectivity index (χ3v) is 10.1. The summed E-state index contributed by atoms with van der Waals surface area (Å²) in [7, 11) is 0. The monoisotopic (exact) mass is 580 g/mol. The molecule has 6 heteroatoms. The van der Waals surface area contributed by atoms with Crippen molar-refractivity contribution < 1.29 is 9.53 Å². The standard InChI is InChI=1S/C37H48N4O2/c42-36(29-39-22-16-32(17-23-39)31-10-2-1-3-11-31)41-24-19-37(20-25-41)18-8-6-13-33-12-4-5-15-35(33)43-27-26-40(30-37)28-34-14-7-9-21-38-34/h1-5,7,9-12,14-15,21,32H,6,8,13,16-20,22-30H2. The summed E-state index contributed by atoms with van der Waals surface area (Å²) < 4.78 is 6.34. The third kappa shape index (κ3) is 8.04. The topological polar surface area (TPSA) is 48.9 Å². The van der Waals surface area contributed by atoms with E-state index in [2.05, 4.69) is 86.4 Å². The Kier molecular flexibility index (Phi) is 10.1. The fourth-order valence-electron chi connectivity index (χ4n) is 7.52. The Bertz CT molecular complexity index is 1280. The van der Waals surface area contributed by atoms with Crippen molar-refractivity contribution in [3.05, 3.63) is 95.8 Å². The molecule has 6 nitrogen and oxygen atoms in total. The zero-order valence-corrected chi connectivity index (χ0v) is 25.7. The van der Waals surface area contributed by atoms with Crippen molar-refractivity contribution in [2.24, 2.45) is 5.41 Å². The summed E-state index contributed by atoms with van der Waals surface area (Å²) in [5.74, 6) is 1.97. The van der Waals surface area contributed by atoms with E-state index in [1.165, 1.54) is 30.4 Å². The molecule has 3 aliphatic rings. The van der Waals surface area contributed by atoms with Gasteiger partial charge in [0.25, 0.3) is 0 Å². The van der Waals surface area contributed by atoms with Crippen molar-refractivity contribution in [2.75, 3.05) is 52.4 Å². The summed E-state index contributed by atoms with van der Waals surface area (Å²) in [5, 5.41) is 0. The molecule has 3 aliphatic heterocycles. The fraction of sp³-hybridized carbons (Fsp3) is 0.514. The molecule has 4 heterocycles. The van der Waals surface area contributed by atoms with Gasteiger partial charge in [0.1, 0.15) is 12.4 Å². The van der Waals surface area contributed by atoms with Crippen molar-refractivity contribution in [3.63, 3.8) is 0 Å². The van der Waals surface area contributed by atoms with Crippen LogP contribution >= 0.6 is 0 Å². The number of para-hydroxylation sites is 1. The second kappa shape index (κ2) is 14.5. The summed E-state index contributed by atoms with van der Waals surface area (Å²) in [6.45, 7) is 7.73. The molecule has 3 aromatic rings. The highest BCUT2D eigenvalue weighted by Crippen LogP contribution is 2.39. The van der Waals surface area contributed by atoms with Crippen molar-refractivity contribution in [1.29, 1.82) is 0 Å². The van der Waals surface area contributed by atoms with E-state index in [9.17, 15) is 4.79 Å². The van der Waals surface area contributed by atoms with E-state index in [1.807, 2.05) is 12.3 Å². The van der Waals surface area contributed by atoms with Crippen LogP contribution in [-0.4, -0.2) is 78.0 Å². The normalized spacial score (nSPS) is 20.9. The molecule has 0 radical (unpaired) electrons. The van der Waals surface area contributed by atoms with E-state index >= 15 is 0 Å². The molecule has 0 N–H and O–H groups in total. The van der Waals surface area contributed by atoms with Gasteiger partial charge in [-0.2, -0.15) is 0 Å². The average Bonchev–Trinajstić information content (AvgIpc) is 3.05. The molecule has 43 heavy (non-hydrogen) atoms. The van der Waals surface area contributed by atoms with Crippen molar-refractivity contribution in [1.82, 2.24) is 19.7 Å². The SMILES string of the molecule is O=C(CN1CCC(c2ccccc2)CC1)N1CCC2(CCCCc3ccccc3OCCN(Cc3ccccn3)C2)CC1.